The van der Waals surface area contributed by atoms with Crippen LogP contribution in [-0.2, 0) is 0 Å². The molecule has 2 unspecified atom stereocenters. The lowest BCUT2D eigenvalue weighted by molar-refractivity contribution is 0.274. The minimum absolute atomic E-state index is 0.219. The molecule has 1 heterocycles. The van der Waals surface area contributed by atoms with Crippen molar-refractivity contribution >= 4 is 23.4 Å². The number of nitrogens with zero attached hydrogens (tertiary/aromatic N) is 3. The summed E-state index contributed by atoms with van der Waals surface area (Å²) in [7, 11) is 0. The van der Waals surface area contributed by atoms with Crippen LogP contribution in [0.15, 0.2) is 36.9 Å². The van der Waals surface area contributed by atoms with Gasteiger partial charge in [0.2, 0.25) is 0 Å². The highest BCUT2D eigenvalue weighted by Crippen LogP contribution is 2.43. The van der Waals surface area contributed by atoms with Gasteiger partial charge in [-0.15, -0.1) is 0 Å². The van der Waals surface area contributed by atoms with Gasteiger partial charge in [-0.3, -0.25) is 0 Å². The molecule has 0 fully saturated rings. The summed E-state index contributed by atoms with van der Waals surface area (Å²) >= 11 is 7.85. The zero-order valence-corrected chi connectivity index (χ0v) is 14.5. The van der Waals surface area contributed by atoms with Gasteiger partial charge < -0.3 is 0 Å². The third-order valence-electron chi connectivity index (χ3n) is 3.40. The van der Waals surface area contributed by atoms with Gasteiger partial charge in [0.25, 0.3) is 0 Å². The van der Waals surface area contributed by atoms with Gasteiger partial charge in [0.15, 0.2) is 0 Å². The summed E-state index contributed by atoms with van der Waals surface area (Å²) in [5.41, 5.74) is 1.49. The Morgan fingerprint density at radius 1 is 1.24 bits per heavy atom. The quantitative estimate of drug-likeness (QED) is 0.774. The van der Waals surface area contributed by atoms with E-state index < -0.39 is 0 Å². The van der Waals surface area contributed by atoms with Crippen molar-refractivity contribution in [3.8, 4) is 0 Å². The molecule has 1 aromatic carbocycles. The molecule has 0 N–H and O–H groups in total. The van der Waals surface area contributed by atoms with Crippen LogP contribution in [0, 0.1) is 5.41 Å². The molecule has 114 valence electrons. The maximum Gasteiger partial charge on any atom is 0.137 e. The molecule has 2 aromatic rings. The van der Waals surface area contributed by atoms with E-state index in [0.717, 1.165) is 11.4 Å². The van der Waals surface area contributed by atoms with Crippen molar-refractivity contribution in [1.29, 1.82) is 0 Å². The van der Waals surface area contributed by atoms with Crippen LogP contribution in [0.5, 0.6) is 0 Å². The highest BCUT2D eigenvalue weighted by molar-refractivity contribution is 7.98. The number of aromatic nitrogens is 3. The van der Waals surface area contributed by atoms with Crippen molar-refractivity contribution in [2.24, 2.45) is 5.41 Å². The second kappa shape index (κ2) is 6.84. The van der Waals surface area contributed by atoms with Gasteiger partial charge in [0.1, 0.15) is 12.7 Å². The Kier molecular flexibility index (Phi) is 5.33. The van der Waals surface area contributed by atoms with Gasteiger partial charge in [-0.1, -0.05) is 44.5 Å². The molecule has 3 nitrogen and oxygen atoms in total. The van der Waals surface area contributed by atoms with Gasteiger partial charge in [-0.05, 0) is 35.8 Å². The summed E-state index contributed by atoms with van der Waals surface area (Å²) in [5, 5.41) is 5.47. The van der Waals surface area contributed by atoms with Crippen molar-refractivity contribution in [1.82, 2.24) is 14.8 Å². The monoisotopic (exact) mass is 323 g/mol. The van der Waals surface area contributed by atoms with Crippen LogP contribution in [0.1, 0.15) is 44.0 Å². The van der Waals surface area contributed by atoms with Crippen LogP contribution in [0.2, 0.25) is 5.02 Å². The zero-order valence-electron chi connectivity index (χ0n) is 13.0. The van der Waals surface area contributed by atoms with Crippen LogP contribution in [-0.4, -0.2) is 21.0 Å². The number of benzene rings is 1. The van der Waals surface area contributed by atoms with Gasteiger partial charge in [-0.2, -0.15) is 16.9 Å². The molecule has 1 aromatic heterocycles. The van der Waals surface area contributed by atoms with Crippen molar-refractivity contribution in [3.63, 3.8) is 0 Å². The minimum Gasteiger partial charge on any atom is -0.248 e. The second-order valence-corrected chi connectivity index (χ2v) is 7.83. The number of rotatable bonds is 5. The molecule has 0 amide bonds. The lowest BCUT2D eigenvalue weighted by atomic mass is 9.85. The molecule has 2 rings (SSSR count). The normalized spacial score (nSPS) is 14.9. The van der Waals surface area contributed by atoms with E-state index in [-0.39, 0.29) is 11.5 Å². The molecule has 0 radical (unpaired) electrons. The van der Waals surface area contributed by atoms with Crippen molar-refractivity contribution in [2.45, 2.75) is 38.5 Å². The summed E-state index contributed by atoms with van der Waals surface area (Å²) in [6.45, 7) is 6.78. The molecule has 0 aliphatic heterocycles. The van der Waals surface area contributed by atoms with Gasteiger partial charge in [-0.25, -0.2) is 9.67 Å². The molecule has 21 heavy (non-hydrogen) atoms. The molecule has 0 aliphatic carbocycles. The summed E-state index contributed by atoms with van der Waals surface area (Å²) in [5.74, 6) is 0. The Hall–Kier alpha value is -1.00. The number of hydrogen-bond donors (Lipinski definition) is 0. The fraction of sp³-hybridized carbons (Fsp3) is 0.500. The van der Waals surface area contributed by atoms with E-state index in [1.165, 1.54) is 5.56 Å². The second-order valence-electron chi connectivity index (χ2n) is 6.42. The predicted molar refractivity (Wildman–Crippen MR) is 90.8 cm³/mol. The van der Waals surface area contributed by atoms with Gasteiger partial charge in [0, 0.05) is 5.02 Å². The lowest BCUT2D eigenvalue weighted by Gasteiger charge is -2.31. The van der Waals surface area contributed by atoms with Crippen LogP contribution >= 0.6 is 23.4 Å². The van der Waals surface area contributed by atoms with Crippen molar-refractivity contribution < 1.29 is 0 Å². The molecule has 0 aliphatic rings. The molecule has 0 bridgehead atoms. The minimum atomic E-state index is 0.219. The van der Waals surface area contributed by atoms with E-state index in [9.17, 15) is 0 Å². The number of halogens is 1. The van der Waals surface area contributed by atoms with E-state index in [1.54, 1.807) is 6.33 Å². The Morgan fingerprint density at radius 2 is 1.90 bits per heavy atom. The molecule has 0 spiro atoms. The van der Waals surface area contributed by atoms with E-state index in [4.69, 9.17) is 11.6 Å². The van der Waals surface area contributed by atoms with Gasteiger partial charge >= 0.3 is 0 Å². The van der Waals surface area contributed by atoms with E-state index in [2.05, 4.69) is 49.2 Å². The van der Waals surface area contributed by atoms with Crippen LogP contribution in [0.4, 0.5) is 0 Å². The number of thioether (sulfide) groups is 1. The van der Waals surface area contributed by atoms with E-state index in [0.29, 0.717) is 5.25 Å². The lowest BCUT2D eigenvalue weighted by Crippen LogP contribution is -2.22. The highest BCUT2D eigenvalue weighted by Gasteiger charge is 2.29. The zero-order chi connectivity index (χ0) is 15.5. The first-order valence-electron chi connectivity index (χ1n) is 7.03. The average Bonchev–Trinajstić information content (AvgIpc) is 2.93. The SMILES string of the molecule is CSC(c1ccc(Cl)cc1)C(CC(C)(C)C)n1cncn1. The molecular weight excluding hydrogens is 302 g/mol. The summed E-state index contributed by atoms with van der Waals surface area (Å²) in [6.07, 6.45) is 6.60. The van der Waals surface area contributed by atoms with Crippen LogP contribution in [0.3, 0.4) is 0 Å². The first-order valence-corrected chi connectivity index (χ1v) is 8.69. The maximum atomic E-state index is 6.01. The van der Waals surface area contributed by atoms with Gasteiger partial charge in [0.05, 0.1) is 11.3 Å². The van der Waals surface area contributed by atoms with Crippen molar-refractivity contribution in [3.05, 3.63) is 47.5 Å². The first kappa shape index (κ1) is 16.4. The van der Waals surface area contributed by atoms with Crippen molar-refractivity contribution in [2.75, 3.05) is 6.26 Å². The van der Waals surface area contributed by atoms with E-state index >= 15 is 0 Å². The highest BCUT2D eigenvalue weighted by atomic mass is 35.5. The summed E-state index contributed by atoms with van der Waals surface area (Å²) in [6, 6.07) is 8.39. The third kappa shape index (κ3) is 4.48. The smallest absolute Gasteiger partial charge is 0.137 e. The Bertz CT molecular complexity index is 546. The fourth-order valence-corrected chi connectivity index (χ4v) is 3.61. The molecule has 0 saturated heterocycles. The summed E-state index contributed by atoms with van der Waals surface area (Å²) < 4.78 is 1.99. The number of hydrogen-bond acceptors (Lipinski definition) is 3. The first-order chi connectivity index (χ1) is 9.90. The molecular formula is C16H22ClN3S. The predicted octanol–water partition coefficient (Wildman–Crippen LogP) is 5.01. The molecule has 2 atom stereocenters. The topological polar surface area (TPSA) is 30.7 Å². The summed E-state index contributed by atoms with van der Waals surface area (Å²) in [4.78, 5) is 4.12. The Balaban J connectivity index is 2.35. The standard InChI is InChI=1S/C16H22ClN3S/c1-16(2,3)9-14(20-11-18-10-19-20)15(21-4)12-5-7-13(17)8-6-12/h5-8,10-11,14-15H,9H2,1-4H3. The molecule has 0 saturated carbocycles. The molecule has 5 heteroatoms. The van der Waals surface area contributed by atoms with E-state index in [1.807, 2.05) is 34.9 Å². The Morgan fingerprint density at radius 3 is 2.38 bits per heavy atom. The average molecular weight is 324 g/mol. The Labute approximate surface area is 136 Å². The van der Waals surface area contributed by atoms with Crippen LogP contribution < -0.4 is 0 Å². The third-order valence-corrected chi connectivity index (χ3v) is 4.75. The largest absolute Gasteiger partial charge is 0.248 e. The maximum absolute atomic E-state index is 6.01. The van der Waals surface area contributed by atoms with Crippen LogP contribution in [0.25, 0.3) is 0 Å². The fourth-order valence-electron chi connectivity index (χ4n) is 2.52.